The lowest BCUT2D eigenvalue weighted by atomic mass is 10.1. The second kappa shape index (κ2) is 18.8. The first kappa shape index (κ1) is 21.8. The molecule has 23 heavy (non-hydrogen) atoms. The van der Waals surface area contributed by atoms with Crippen LogP contribution in [0.5, 0.6) is 0 Å². The van der Waals surface area contributed by atoms with E-state index in [1.807, 2.05) is 0 Å². The van der Waals surface area contributed by atoms with Gasteiger partial charge in [0.2, 0.25) is 0 Å². The number of hydrogen-bond donors (Lipinski definition) is 1. The number of ether oxygens (including phenoxy) is 1. The number of nitrogens with one attached hydrogen (secondary N) is 1. The van der Waals surface area contributed by atoms with Crippen molar-refractivity contribution in [3.63, 3.8) is 0 Å². The summed E-state index contributed by atoms with van der Waals surface area (Å²) in [5.74, 6) is 0. The molecule has 0 aliphatic carbocycles. The Morgan fingerprint density at radius 2 is 1.39 bits per heavy atom. The topological polar surface area (TPSA) is 38.3 Å². The monoisotopic (exact) mass is 323 g/mol. The molecule has 134 valence electrons. The van der Waals surface area contributed by atoms with Crippen molar-refractivity contribution in [1.82, 2.24) is 5.32 Å². The van der Waals surface area contributed by atoms with Gasteiger partial charge in [0.1, 0.15) is 0 Å². The zero-order valence-electron chi connectivity index (χ0n) is 15.3. The lowest BCUT2D eigenvalue weighted by molar-refractivity contribution is 0.171. The fourth-order valence-electron chi connectivity index (χ4n) is 2.38. The third kappa shape index (κ3) is 18.7. The number of amides is 1. The molecule has 3 nitrogen and oxygen atoms in total. The van der Waals surface area contributed by atoms with Crippen molar-refractivity contribution in [1.29, 1.82) is 0 Å². The zero-order chi connectivity index (χ0) is 17.0. The first-order valence-corrected chi connectivity index (χ1v) is 9.43. The van der Waals surface area contributed by atoms with Crippen molar-refractivity contribution in [2.45, 2.75) is 84.0 Å². The van der Waals surface area contributed by atoms with Crippen molar-refractivity contribution in [2.24, 2.45) is 0 Å². The number of rotatable bonds is 15. The van der Waals surface area contributed by atoms with Gasteiger partial charge < -0.3 is 10.1 Å². The molecule has 0 aromatic rings. The molecule has 1 N–H and O–H groups in total. The number of carbonyl (C=O) groups is 1. The molecule has 0 saturated carbocycles. The minimum absolute atomic E-state index is 0.326. The Balaban J connectivity index is 3.17. The van der Waals surface area contributed by atoms with Gasteiger partial charge in [-0.1, -0.05) is 69.8 Å². The van der Waals surface area contributed by atoms with E-state index >= 15 is 0 Å². The predicted molar refractivity (Wildman–Crippen MR) is 99.8 cm³/mol. The Hall–Kier alpha value is -1.25. The van der Waals surface area contributed by atoms with Crippen LogP contribution in [0.25, 0.3) is 0 Å². The molecule has 0 aromatic heterocycles. The summed E-state index contributed by atoms with van der Waals surface area (Å²) in [6, 6.07) is 0. The number of alkyl carbamates (subject to hydrolysis) is 1. The van der Waals surface area contributed by atoms with Crippen LogP contribution in [0.4, 0.5) is 4.79 Å². The Morgan fingerprint density at radius 1 is 0.826 bits per heavy atom. The van der Waals surface area contributed by atoms with Crippen LogP contribution < -0.4 is 5.32 Å². The van der Waals surface area contributed by atoms with E-state index in [0.717, 1.165) is 19.4 Å². The van der Waals surface area contributed by atoms with Gasteiger partial charge in [0.05, 0.1) is 7.11 Å². The Morgan fingerprint density at radius 3 is 2.00 bits per heavy atom. The van der Waals surface area contributed by atoms with Crippen LogP contribution >= 0.6 is 0 Å². The predicted octanol–water partition coefficient (Wildman–Crippen LogP) is 6.16. The quantitative estimate of drug-likeness (QED) is 0.290. The van der Waals surface area contributed by atoms with E-state index in [-0.39, 0.29) is 6.09 Å². The van der Waals surface area contributed by atoms with Gasteiger partial charge in [-0.05, 0) is 38.5 Å². The van der Waals surface area contributed by atoms with Crippen molar-refractivity contribution in [2.75, 3.05) is 13.7 Å². The molecule has 0 spiro atoms. The zero-order valence-corrected chi connectivity index (χ0v) is 15.3. The van der Waals surface area contributed by atoms with Gasteiger partial charge in [0, 0.05) is 6.54 Å². The Labute approximate surface area is 143 Å². The molecule has 0 radical (unpaired) electrons. The van der Waals surface area contributed by atoms with Gasteiger partial charge in [-0.25, -0.2) is 4.79 Å². The highest BCUT2D eigenvalue weighted by Crippen LogP contribution is 2.07. The van der Waals surface area contributed by atoms with Crippen LogP contribution in [0, 0.1) is 0 Å². The van der Waals surface area contributed by atoms with Crippen LogP contribution in [-0.2, 0) is 4.74 Å². The van der Waals surface area contributed by atoms with Gasteiger partial charge in [0.15, 0.2) is 0 Å². The molecule has 1 amide bonds. The summed E-state index contributed by atoms with van der Waals surface area (Å²) in [6.07, 6.45) is 23.7. The summed E-state index contributed by atoms with van der Waals surface area (Å²) in [6.45, 7) is 2.97. The highest BCUT2D eigenvalue weighted by Gasteiger charge is 1.96. The van der Waals surface area contributed by atoms with Crippen molar-refractivity contribution < 1.29 is 9.53 Å². The van der Waals surface area contributed by atoms with Crippen molar-refractivity contribution >= 4 is 6.09 Å². The van der Waals surface area contributed by atoms with E-state index in [0.29, 0.717) is 0 Å². The molecule has 0 aliphatic rings. The fourth-order valence-corrected chi connectivity index (χ4v) is 2.38. The van der Waals surface area contributed by atoms with Gasteiger partial charge in [-0.3, -0.25) is 0 Å². The molecular formula is C20H37NO2. The molecule has 0 heterocycles. The van der Waals surface area contributed by atoms with Crippen LogP contribution in [0.2, 0.25) is 0 Å². The number of hydrogen-bond acceptors (Lipinski definition) is 2. The molecule has 0 bridgehead atoms. The lowest BCUT2D eigenvalue weighted by Gasteiger charge is -2.03. The maximum atomic E-state index is 10.8. The molecular weight excluding hydrogens is 286 g/mol. The molecule has 0 unspecified atom stereocenters. The summed E-state index contributed by atoms with van der Waals surface area (Å²) in [5, 5.41) is 2.71. The van der Waals surface area contributed by atoms with Gasteiger partial charge in [-0.15, -0.1) is 0 Å². The standard InChI is InChI=1S/C20H37NO2/c1-3-4-5-6-7-8-9-10-11-12-13-14-15-16-17-18-19-21-20(22)23-2/h7-8,10-11H,3-6,9,12-19H2,1-2H3,(H,21,22). The van der Waals surface area contributed by atoms with E-state index in [9.17, 15) is 4.79 Å². The highest BCUT2D eigenvalue weighted by atomic mass is 16.5. The third-order valence-corrected chi connectivity index (χ3v) is 3.83. The number of allylic oxidation sites excluding steroid dienone is 4. The Kier molecular flexibility index (Phi) is 17.8. The molecule has 3 heteroatoms. The number of methoxy groups -OCH3 is 1. The maximum Gasteiger partial charge on any atom is 0.406 e. The normalized spacial score (nSPS) is 11.4. The molecule has 0 aliphatic heterocycles. The maximum absolute atomic E-state index is 10.8. The summed E-state index contributed by atoms with van der Waals surface area (Å²) in [7, 11) is 1.40. The van der Waals surface area contributed by atoms with Crippen LogP contribution in [-0.4, -0.2) is 19.7 Å². The average Bonchev–Trinajstić information content (AvgIpc) is 2.57. The third-order valence-electron chi connectivity index (χ3n) is 3.83. The van der Waals surface area contributed by atoms with Gasteiger partial charge >= 0.3 is 6.09 Å². The number of carbonyl (C=O) groups excluding carboxylic acids is 1. The van der Waals surface area contributed by atoms with E-state index in [4.69, 9.17) is 0 Å². The Bertz CT molecular complexity index is 311. The summed E-state index contributed by atoms with van der Waals surface area (Å²) >= 11 is 0. The molecule has 0 rings (SSSR count). The van der Waals surface area contributed by atoms with Crippen LogP contribution in [0.3, 0.4) is 0 Å². The first-order chi connectivity index (χ1) is 11.3. The smallest absolute Gasteiger partial charge is 0.406 e. The minimum atomic E-state index is -0.326. The lowest BCUT2D eigenvalue weighted by Crippen LogP contribution is -2.23. The number of unbranched alkanes of at least 4 members (excludes halogenated alkanes) is 9. The summed E-state index contributed by atoms with van der Waals surface area (Å²) < 4.78 is 4.52. The molecule has 0 aromatic carbocycles. The second-order valence-electron chi connectivity index (χ2n) is 6.00. The van der Waals surface area contributed by atoms with E-state index in [1.54, 1.807) is 0 Å². The van der Waals surface area contributed by atoms with Gasteiger partial charge in [-0.2, -0.15) is 0 Å². The van der Waals surface area contributed by atoms with Crippen LogP contribution in [0.1, 0.15) is 84.0 Å². The summed E-state index contributed by atoms with van der Waals surface area (Å²) in [5.41, 5.74) is 0. The SMILES string of the molecule is CCCCCC=CCC=CCCCCCCCCNC(=O)OC. The fraction of sp³-hybridized carbons (Fsp3) is 0.750. The minimum Gasteiger partial charge on any atom is -0.453 e. The van der Waals surface area contributed by atoms with E-state index in [1.165, 1.54) is 71.3 Å². The summed E-state index contributed by atoms with van der Waals surface area (Å²) in [4.78, 5) is 10.8. The largest absolute Gasteiger partial charge is 0.453 e. The van der Waals surface area contributed by atoms with Crippen molar-refractivity contribution in [3.05, 3.63) is 24.3 Å². The van der Waals surface area contributed by atoms with E-state index in [2.05, 4.69) is 41.3 Å². The first-order valence-electron chi connectivity index (χ1n) is 9.43. The molecule has 0 atom stereocenters. The average molecular weight is 324 g/mol. The molecule has 0 fully saturated rings. The van der Waals surface area contributed by atoms with Gasteiger partial charge in [0.25, 0.3) is 0 Å². The van der Waals surface area contributed by atoms with Crippen molar-refractivity contribution in [3.8, 4) is 0 Å². The van der Waals surface area contributed by atoms with E-state index < -0.39 is 0 Å². The molecule has 0 saturated heterocycles. The highest BCUT2D eigenvalue weighted by molar-refractivity contribution is 5.66. The van der Waals surface area contributed by atoms with Crippen LogP contribution in [0.15, 0.2) is 24.3 Å². The second-order valence-corrected chi connectivity index (χ2v) is 6.00.